The molecule has 2 aromatic rings. The number of nitrogens with zero attached hydrogens (tertiary/aromatic N) is 1. The van der Waals surface area contributed by atoms with Crippen molar-refractivity contribution in [2.75, 3.05) is 11.9 Å². The van der Waals surface area contributed by atoms with E-state index in [1.807, 2.05) is 31.3 Å². The summed E-state index contributed by atoms with van der Waals surface area (Å²) in [4.78, 5) is 25.4. The number of esters is 1. The number of unbranched alkanes of at least 4 members (excludes halogenated alkanes) is 8. The van der Waals surface area contributed by atoms with Gasteiger partial charge in [-0.05, 0) is 49.8 Å². The Morgan fingerprint density at radius 1 is 0.850 bits per heavy atom. The van der Waals surface area contributed by atoms with Crippen molar-refractivity contribution in [3.63, 3.8) is 0 Å². The van der Waals surface area contributed by atoms with Crippen LogP contribution >= 0.6 is 0 Å². The number of anilines is 1. The van der Waals surface area contributed by atoms with Crippen LogP contribution in [-0.4, -0.2) is 29.0 Å². The molecule has 0 bridgehead atoms. The van der Waals surface area contributed by atoms with Crippen LogP contribution in [0.3, 0.4) is 0 Å². The zero-order chi connectivity index (χ0) is 29.2. The molecule has 0 atom stereocenters. The number of ketones is 1. The molecule has 0 aliphatic rings. The molecule has 0 radical (unpaired) electrons. The fourth-order valence-corrected chi connectivity index (χ4v) is 5.36. The van der Waals surface area contributed by atoms with Gasteiger partial charge in [-0.3, -0.25) is 9.59 Å². The van der Waals surface area contributed by atoms with Gasteiger partial charge in [0, 0.05) is 48.2 Å². The van der Waals surface area contributed by atoms with Crippen LogP contribution < -0.4 is 5.32 Å². The van der Waals surface area contributed by atoms with Gasteiger partial charge in [-0.1, -0.05) is 104 Å². The number of aromatic nitrogens is 1. The molecule has 224 valence electrons. The van der Waals surface area contributed by atoms with Crippen LogP contribution in [0.2, 0.25) is 0 Å². The highest BCUT2D eigenvalue weighted by Crippen LogP contribution is 2.26. The lowest BCUT2D eigenvalue weighted by Crippen LogP contribution is -2.20. The lowest BCUT2D eigenvalue weighted by molar-refractivity contribution is -0.143. The quantitative estimate of drug-likeness (QED) is 0.0897. The third kappa shape index (κ3) is 12.3. The molecule has 1 aromatic heterocycles. The van der Waals surface area contributed by atoms with Crippen molar-refractivity contribution in [1.82, 2.24) is 4.57 Å². The standard InChI is InChI=1S/C35H56N2O3/c1-6-9-11-13-15-20-30(21-16-14-12-10-7-2)36-31-22-17-19-29(25-31)35(39)33-27-37(26-32(33)28(4)5)24-18-23-34(38)40-8-3/h17,19,22,25-28,30,36H,6-16,18,20-21,23-24H2,1-5H3. The van der Waals surface area contributed by atoms with E-state index < -0.39 is 0 Å². The van der Waals surface area contributed by atoms with Gasteiger partial charge in [0.2, 0.25) is 0 Å². The van der Waals surface area contributed by atoms with Crippen molar-refractivity contribution in [3.8, 4) is 0 Å². The fourth-order valence-electron chi connectivity index (χ4n) is 5.36. The average molecular weight is 553 g/mol. The summed E-state index contributed by atoms with van der Waals surface area (Å²) in [6.45, 7) is 11.7. The third-order valence-corrected chi connectivity index (χ3v) is 7.69. The van der Waals surface area contributed by atoms with Crippen LogP contribution in [0.25, 0.3) is 0 Å². The van der Waals surface area contributed by atoms with E-state index in [0.29, 0.717) is 32.0 Å². The first kappa shape index (κ1) is 33.6. The van der Waals surface area contributed by atoms with Gasteiger partial charge in [-0.25, -0.2) is 0 Å². The van der Waals surface area contributed by atoms with Crippen LogP contribution in [0, 0.1) is 0 Å². The molecular weight excluding hydrogens is 496 g/mol. The predicted octanol–water partition coefficient (Wildman–Crippen LogP) is 9.69. The highest BCUT2D eigenvalue weighted by Gasteiger charge is 2.19. The summed E-state index contributed by atoms with van der Waals surface area (Å²) in [7, 11) is 0. The second-order valence-corrected chi connectivity index (χ2v) is 11.6. The van der Waals surface area contributed by atoms with Crippen molar-refractivity contribution in [2.24, 2.45) is 0 Å². The minimum Gasteiger partial charge on any atom is -0.466 e. The Hall–Kier alpha value is -2.56. The highest BCUT2D eigenvalue weighted by molar-refractivity contribution is 6.10. The molecule has 1 heterocycles. The number of hydrogen-bond donors (Lipinski definition) is 1. The first-order chi connectivity index (χ1) is 19.4. The minimum atomic E-state index is -0.167. The Morgan fingerprint density at radius 3 is 2.10 bits per heavy atom. The summed E-state index contributed by atoms with van der Waals surface area (Å²) in [5, 5.41) is 3.80. The molecule has 0 fully saturated rings. The maximum Gasteiger partial charge on any atom is 0.305 e. The second-order valence-electron chi connectivity index (χ2n) is 11.6. The topological polar surface area (TPSA) is 60.3 Å². The van der Waals surface area contributed by atoms with E-state index in [1.165, 1.54) is 77.0 Å². The number of rotatable bonds is 22. The van der Waals surface area contributed by atoms with E-state index in [2.05, 4.69) is 49.8 Å². The molecule has 0 aliphatic heterocycles. The lowest BCUT2D eigenvalue weighted by Gasteiger charge is -2.21. The van der Waals surface area contributed by atoms with Crippen molar-refractivity contribution >= 4 is 17.4 Å². The third-order valence-electron chi connectivity index (χ3n) is 7.69. The van der Waals surface area contributed by atoms with Gasteiger partial charge in [-0.2, -0.15) is 0 Å². The SMILES string of the molecule is CCCCCCCC(CCCCCCC)Nc1cccc(C(=O)c2cn(CCCC(=O)OCC)cc2C(C)C)c1. The van der Waals surface area contributed by atoms with Crippen LogP contribution in [0.1, 0.15) is 152 Å². The maximum absolute atomic E-state index is 13.7. The Bertz CT molecular complexity index is 980. The summed E-state index contributed by atoms with van der Waals surface area (Å²) in [5.41, 5.74) is 3.57. The summed E-state index contributed by atoms with van der Waals surface area (Å²) in [6.07, 6.45) is 20.4. The summed E-state index contributed by atoms with van der Waals surface area (Å²) in [5.74, 6) is 0.128. The van der Waals surface area contributed by atoms with Gasteiger partial charge in [0.1, 0.15) is 0 Å². The van der Waals surface area contributed by atoms with Crippen LogP contribution in [0.15, 0.2) is 36.7 Å². The molecule has 0 aliphatic carbocycles. The monoisotopic (exact) mass is 552 g/mol. The molecular formula is C35H56N2O3. The summed E-state index contributed by atoms with van der Waals surface area (Å²) < 4.78 is 7.10. The highest BCUT2D eigenvalue weighted by atomic mass is 16.5. The lowest BCUT2D eigenvalue weighted by atomic mass is 9.96. The van der Waals surface area contributed by atoms with Gasteiger partial charge >= 0.3 is 5.97 Å². The van der Waals surface area contributed by atoms with Crippen LogP contribution in [0.5, 0.6) is 0 Å². The molecule has 0 saturated carbocycles. The van der Waals surface area contributed by atoms with Crippen molar-refractivity contribution in [2.45, 2.75) is 143 Å². The van der Waals surface area contributed by atoms with E-state index >= 15 is 0 Å². The van der Waals surface area contributed by atoms with Gasteiger partial charge in [-0.15, -0.1) is 0 Å². The predicted molar refractivity (Wildman–Crippen MR) is 168 cm³/mol. The summed E-state index contributed by atoms with van der Waals surface area (Å²) >= 11 is 0. The van der Waals surface area contributed by atoms with Gasteiger partial charge in [0.05, 0.1) is 6.61 Å². The number of benzene rings is 1. The Balaban J connectivity index is 2.09. The smallest absolute Gasteiger partial charge is 0.305 e. The van der Waals surface area contributed by atoms with Crippen molar-refractivity contribution < 1.29 is 14.3 Å². The molecule has 5 nitrogen and oxygen atoms in total. The number of carbonyl (C=O) groups is 2. The molecule has 2 rings (SSSR count). The van der Waals surface area contributed by atoms with Gasteiger partial charge < -0.3 is 14.6 Å². The number of hydrogen-bond acceptors (Lipinski definition) is 4. The number of aryl methyl sites for hydroxylation is 1. The number of carbonyl (C=O) groups excluding carboxylic acids is 2. The first-order valence-corrected chi connectivity index (χ1v) is 16.2. The van der Waals surface area contributed by atoms with E-state index in [1.54, 1.807) is 0 Å². The van der Waals surface area contributed by atoms with Crippen molar-refractivity contribution in [1.29, 1.82) is 0 Å². The normalized spacial score (nSPS) is 11.4. The molecule has 0 unspecified atom stereocenters. The molecule has 0 spiro atoms. The van der Waals surface area contributed by atoms with Gasteiger partial charge in [0.15, 0.2) is 5.78 Å². The maximum atomic E-state index is 13.7. The molecule has 0 saturated heterocycles. The molecule has 1 aromatic carbocycles. The fraction of sp³-hybridized carbons (Fsp3) is 0.657. The Kier molecular flexibility index (Phi) is 16.4. The molecule has 0 amide bonds. The number of ether oxygens (including phenoxy) is 1. The van der Waals surface area contributed by atoms with Crippen LogP contribution in [0.4, 0.5) is 5.69 Å². The second kappa shape index (κ2) is 19.5. The van der Waals surface area contributed by atoms with E-state index in [-0.39, 0.29) is 17.7 Å². The molecule has 5 heteroatoms. The van der Waals surface area contributed by atoms with E-state index in [0.717, 1.165) is 22.4 Å². The zero-order valence-corrected chi connectivity index (χ0v) is 26.1. The minimum absolute atomic E-state index is 0.0622. The average Bonchev–Trinajstić information content (AvgIpc) is 3.37. The van der Waals surface area contributed by atoms with E-state index in [9.17, 15) is 9.59 Å². The largest absolute Gasteiger partial charge is 0.466 e. The van der Waals surface area contributed by atoms with Crippen molar-refractivity contribution in [3.05, 3.63) is 53.3 Å². The molecule has 40 heavy (non-hydrogen) atoms. The first-order valence-electron chi connectivity index (χ1n) is 16.2. The van der Waals surface area contributed by atoms with E-state index in [4.69, 9.17) is 4.74 Å². The number of nitrogens with one attached hydrogen (secondary N) is 1. The Morgan fingerprint density at radius 2 is 1.50 bits per heavy atom. The van der Waals surface area contributed by atoms with Gasteiger partial charge in [0.25, 0.3) is 0 Å². The molecule has 1 N–H and O–H groups in total. The zero-order valence-electron chi connectivity index (χ0n) is 26.1. The van der Waals surface area contributed by atoms with Crippen LogP contribution in [-0.2, 0) is 16.1 Å². The Labute approximate surface area is 244 Å². The summed E-state index contributed by atoms with van der Waals surface area (Å²) in [6, 6.07) is 8.51.